The molecule has 21 heavy (non-hydrogen) atoms. The fraction of sp³-hybridized carbons (Fsp3) is 0.429. The highest BCUT2D eigenvalue weighted by Gasteiger charge is 2.44. The lowest BCUT2D eigenvalue weighted by atomic mass is 9.99. The maximum Gasteiger partial charge on any atom is 0.332 e. The lowest BCUT2D eigenvalue weighted by Gasteiger charge is -2.27. The Kier molecular flexibility index (Phi) is 4.42. The number of hydrogen-bond donors (Lipinski definition) is 2. The summed E-state index contributed by atoms with van der Waals surface area (Å²) in [5.41, 5.74) is -0.757. The van der Waals surface area contributed by atoms with Crippen molar-refractivity contribution in [3.8, 4) is 0 Å². The zero-order valence-electron chi connectivity index (χ0n) is 11.6. The zero-order chi connectivity index (χ0) is 15.5. The quantitative estimate of drug-likeness (QED) is 0.875. The van der Waals surface area contributed by atoms with E-state index in [2.05, 4.69) is 5.32 Å². The summed E-state index contributed by atoms with van der Waals surface area (Å²) in [7, 11) is 1.52. The van der Waals surface area contributed by atoms with Crippen LogP contribution in [-0.4, -0.2) is 47.8 Å². The largest absolute Gasteiger partial charge is 0.479 e. The molecule has 0 radical (unpaired) electrons. The molecule has 1 saturated heterocycles. The van der Waals surface area contributed by atoms with Crippen LogP contribution in [0, 0.1) is 5.82 Å². The summed E-state index contributed by atoms with van der Waals surface area (Å²) >= 11 is 0. The number of nitrogens with zero attached hydrogens (tertiary/aromatic N) is 1. The third kappa shape index (κ3) is 3.49. The van der Waals surface area contributed by atoms with Crippen LogP contribution in [0.4, 0.5) is 9.18 Å². The summed E-state index contributed by atoms with van der Waals surface area (Å²) in [5, 5.41) is 11.8. The second kappa shape index (κ2) is 6.09. The normalized spacial score (nSPS) is 21.0. The first-order valence-corrected chi connectivity index (χ1v) is 6.52. The van der Waals surface area contributed by atoms with Gasteiger partial charge in [0.25, 0.3) is 0 Å². The van der Waals surface area contributed by atoms with Gasteiger partial charge in [0.2, 0.25) is 0 Å². The molecule has 0 aromatic heterocycles. The number of benzene rings is 1. The van der Waals surface area contributed by atoms with Crippen molar-refractivity contribution >= 4 is 12.0 Å². The van der Waals surface area contributed by atoms with Gasteiger partial charge < -0.3 is 20.1 Å². The Balaban J connectivity index is 2.01. The standard InChI is InChI=1S/C14H17FN2O4/c1-17(8-10-3-2-4-11(15)7-10)13(20)16-14(12(18)19)5-6-21-9-14/h2-4,7H,5-6,8-9H2,1H3,(H,16,20)(H,18,19). The topological polar surface area (TPSA) is 78.9 Å². The van der Waals surface area contributed by atoms with Crippen LogP contribution in [0.1, 0.15) is 12.0 Å². The number of nitrogens with one attached hydrogen (secondary N) is 1. The van der Waals surface area contributed by atoms with Gasteiger partial charge in [0, 0.05) is 26.6 Å². The number of aliphatic carboxylic acids is 1. The molecule has 1 heterocycles. The van der Waals surface area contributed by atoms with E-state index in [0.29, 0.717) is 12.2 Å². The second-order valence-corrected chi connectivity index (χ2v) is 5.11. The van der Waals surface area contributed by atoms with Gasteiger partial charge in [-0.25, -0.2) is 14.0 Å². The van der Waals surface area contributed by atoms with E-state index in [1.165, 1.54) is 24.1 Å². The Morgan fingerprint density at radius 2 is 2.29 bits per heavy atom. The summed E-state index contributed by atoms with van der Waals surface area (Å²) in [6.45, 7) is 0.419. The van der Waals surface area contributed by atoms with E-state index in [-0.39, 0.29) is 25.4 Å². The Hall–Kier alpha value is -2.15. The third-order valence-corrected chi connectivity index (χ3v) is 3.43. The Morgan fingerprint density at radius 3 is 2.86 bits per heavy atom. The van der Waals surface area contributed by atoms with Crippen LogP contribution in [0.15, 0.2) is 24.3 Å². The SMILES string of the molecule is CN(Cc1cccc(F)c1)C(=O)NC1(C(=O)O)CCOC1. The van der Waals surface area contributed by atoms with Crippen molar-refractivity contribution in [3.63, 3.8) is 0 Å². The highest BCUT2D eigenvalue weighted by molar-refractivity contribution is 5.86. The van der Waals surface area contributed by atoms with Crippen molar-refractivity contribution in [2.45, 2.75) is 18.5 Å². The summed E-state index contributed by atoms with van der Waals surface area (Å²) in [4.78, 5) is 24.7. The average molecular weight is 296 g/mol. The smallest absolute Gasteiger partial charge is 0.332 e. The number of carbonyl (C=O) groups excluding carboxylic acids is 1. The first kappa shape index (κ1) is 15.2. The first-order valence-electron chi connectivity index (χ1n) is 6.52. The highest BCUT2D eigenvalue weighted by Crippen LogP contribution is 2.19. The number of rotatable bonds is 4. The molecule has 1 aromatic carbocycles. The zero-order valence-corrected chi connectivity index (χ0v) is 11.6. The maximum absolute atomic E-state index is 13.1. The Morgan fingerprint density at radius 1 is 1.52 bits per heavy atom. The van der Waals surface area contributed by atoms with Crippen molar-refractivity contribution in [3.05, 3.63) is 35.6 Å². The number of halogens is 1. The van der Waals surface area contributed by atoms with Gasteiger partial charge in [-0.2, -0.15) is 0 Å². The number of carboxylic acid groups (broad SMARTS) is 1. The number of carboxylic acids is 1. The van der Waals surface area contributed by atoms with Crippen LogP contribution in [-0.2, 0) is 16.1 Å². The predicted molar refractivity (Wildman–Crippen MR) is 72.2 cm³/mol. The second-order valence-electron chi connectivity index (χ2n) is 5.11. The van der Waals surface area contributed by atoms with Crippen LogP contribution in [0.2, 0.25) is 0 Å². The van der Waals surface area contributed by atoms with E-state index in [1.807, 2.05) is 0 Å². The molecule has 1 unspecified atom stereocenters. The lowest BCUT2D eigenvalue weighted by Crippen LogP contribution is -2.57. The van der Waals surface area contributed by atoms with E-state index < -0.39 is 17.5 Å². The van der Waals surface area contributed by atoms with Crippen LogP contribution in [0.25, 0.3) is 0 Å². The number of urea groups is 1. The van der Waals surface area contributed by atoms with E-state index >= 15 is 0 Å². The molecule has 2 N–H and O–H groups in total. The molecule has 1 aliphatic heterocycles. The van der Waals surface area contributed by atoms with Gasteiger partial charge in [-0.05, 0) is 17.7 Å². The molecular weight excluding hydrogens is 279 g/mol. The minimum atomic E-state index is -1.38. The lowest BCUT2D eigenvalue weighted by molar-refractivity contribution is -0.144. The van der Waals surface area contributed by atoms with Gasteiger partial charge in [-0.1, -0.05) is 12.1 Å². The first-order chi connectivity index (χ1) is 9.93. The molecule has 2 rings (SSSR count). The minimum absolute atomic E-state index is 0.0537. The Labute approximate surface area is 121 Å². The summed E-state index contributed by atoms with van der Waals surface area (Å²) in [6.07, 6.45) is 0.224. The number of carbonyl (C=O) groups is 2. The third-order valence-electron chi connectivity index (χ3n) is 3.43. The molecule has 1 aliphatic rings. The van der Waals surface area contributed by atoms with Gasteiger partial charge in [0.05, 0.1) is 6.61 Å². The van der Waals surface area contributed by atoms with Gasteiger partial charge in [-0.15, -0.1) is 0 Å². The molecule has 2 amide bonds. The van der Waals surface area contributed by atoms with Gasteiger partial charge in [0.15, 0.2) is 5.54 Å². The summed E-state index contributed by atoms with van der Waals surface area (Å²) < 4.78 is 18.2. The van der Waals surface area contributed by atoms with Gasteiger partial charge >= 0.3 is 12.0 Å². The van der Waals surface area contributed by atoms with Crippen LogP contribution in [0.3, 0.4) is 0 Å². The van der Waals surface area contributed by atoms with Crippen molar-refractivity contribution in [2.75, 3.05) is 20.3 Å². The number of hydrogen-bond acceptors (Lipinski definition) is 3. The molecule has 0 bridgehead atoms. The molecular formula is C14H17FN2O4. The van der Waals surface area contributed by atoms with Crippen molar-refractivity contribution in [1.82, 2.24) is 10.2 Å². The molecule has 0 aliphatic carbocycles. The van der Waals surface area contributed by atoms with Crippen molar-refractivity contribution in [2.24, 2.45) is 0 Å². The number of ether oxygens (including phenoxy) is 1. The van der Waals surface area contributed by atoms with E-state index in [4.69, 9.17) is 4.74 Å². The minimum Gasteiger partial charge on any atom is -0.479 e. The van der Waals surface area contributed by atoms with Crippen LogP contribution < -0.4 is 5.32 Å². The monoisotopic (exact) mass is 296 g/mol. The highest BCUT2D eigenvalue weighted by atomic mass is 19.1. The van der Waals surface area contributed by atoms with E-state index in [0.717, 1.165) is 0 Å². The van der Waals surface area contributed by atoms with Crippen LogP contribution in [0.5, 0.6) is 0 Å². The molecule has 0 spiro atoms. The summed E-state index contributed by atoms with van der Waals surface area (Å²) in [6, 6.07) is 5.36. The summed E-state index contributed by atoms with van der Waals surface area (Å²) in [5.74, 6) is -1.50. The fourth-order valence-electron chi connectivity index (χ4n) is 2.17. The number of amides is 2. The average Bonchev–Trinajstić information content (AvgIpc) is 2.88. The molecule has 0 saturated carbocycles. The van der Waals surface area contributed by atoms with Crippen LogP contribution >= 0.6 is 0 Å². The molecule has 1 fully saturated rings. The molecule has 6 nitrogen and oxygen atoms in total. The molecule has 1 atom stereocenters. The van der Waals surface area contributed by atoms with Crippen molar-refractivity contribution in [1.29, 1.82) is 0 Å². The maximum atomic E-state index is 13.1. The predicted octanol–water partition coefficient (Wildman–Crippen LogP) is 1.21. The molecule has 1 aromatic rings. The molecule has 114 valence electrons. The Bertz CT molecular complexity index is 544. The van der Waals surface area contributed by atoms with Gasteiger partial charge in [-0.3, -0.25) is 0 Å². The van der Waals surface area contributed by atoms with Gasteiger partial charge in [0.1, 0.15) is 5.82 Å². The van der Waals surface area contributed by atoms with Crippen molar-refractivity contribution < 1.29 is 23.8 Å². The molecule has 7 heteroatoms. The van der Waals surface area contributed by atoms with E-state index in [9.17, 15) is 19.1 Å². The van der Waals surface area contributed by atoms with E-state index in [1.54, 1.807) is 12.1 Å². The fourth-order valence-corrected chi connectivity index (χ4v) is 2.17.